The van der Waals surface area contributed by atoms with Crippen molar-refractivity contribution in [3.63, 3.8) is 0 Å². The van der Waals surface area contributed by atoms with E-state index in [4.69, 9.17) is 4.98 Å². The molecule has 192 valence electrons. The predicted octanol–water partition coefficient (Wildman–Crippen LogP) is 6.29. The summed E-state index contributed by atoms with van der Waals surface area (Å²) in [6.45, 7) is 8.32. The number of nitrogens with zero attached hydrogens (tertiary/aromatic N) is 4. The Morgan fingerprint density at radius 2 is 1.49 bits per heavy atom. The van der Waals surface area contributed by atoms with Gasteiger partial charge in [-0.15, -0.1) is 0 Å². The lowest BCUT2D eigenvalue weighted by atomic mass is 9.79. The van der Waals surface area contributed by atoms with Crippen molar-refractivity contribution >= 4 is 17.0 Å². The molecule has 0 atom stereocenters. The highest BCUT2D eigenvalue weighted by Gasteiger charge is 2.43. The van der Waals surface area contributed by atoms with Crippen LogP contribution in [0.25, 0.3) is 11.0 Å². The maximum absolute atomic E-state index is 5.35. The fourth-order valence-electron chi connectivity index (χ4n) is 8.04. The summed E-state index contributed by atoms with van der Waals surface area (Å²) in [5, 5.41) is 3.75. The lowest BCUT2D eigenvalue weighted by Crippen LogP contribution is -2.63. The molecule has 2 aliphatic heterocycles. The third kappa shape index (κ3) is 4.52. The van der Waals surface area contributed by atoms with Gasteiger partial charge in [-0.3, -0.25) is 4.90 Å². The van der Waals surface area contributed by atoms with Crippen LogP contribution < -0.4 is 10.2 Å². The van der Waals surface area contributed by atoms with Crippen molar-refractivity contribution in [2.24, 2.45) is 0 Å². The minimum absolute atomic E-state index is 0.253. The third-order valence-electron chi connectivity index (χ3n) is 10.2. The predicted molar refractivity (Wildman–Crippen MR) is 146 cm³/mol. The summed E-state index contributed by atoms with van der Waals surface area (Å²) in [5.41, 5.74) is 3.20. The standard InChI is InChI=1S/C30H47N5/c1-29(16-8-3-2-4-9-17-29)33-21-14-25(15-22-33)35-27-13-7-6-12-26(27)32-28(35)34-23-20-31-24-30(34)18-10-5-11-19-30/h6-7,12-13,25,31H,2-5,8-11,14-24H2,1H3. The molecule has 2 aliphatic carbocycles. The van der Waals surface area contributed by atoms with E-state index in [1.807, 2.05) is 0 Å². The summed E-state index contributed by atoms with van der Waals surface area (Å²) in [6.07, 6.45) is 19.1. The SMILES string of the molecule is CC1(N2CCC(n3c(N4CCNCC45CCCCC5)nc4ccccc43)CC2)CCCCCCC1. The zero-order chi connectivity index (χ0) is 23.7. The van der Waals surface area contributed by atoms with Gasteiger partial charge in [-0.2, -0.15) is 0 Å². The van der Waals surface area contributed by atoms with Crippen molar-refractivity contribution < 1.29 is 0 Å². The molecule has 3 heterocycles. The van der Waals surface area contributed by atoms with Crippen molar-refractivity contribution in [2.45, 2.75) is 114 Å². The van der Waals surface area contributed by atoms with Gasteiger partial charge in [0.1, 0.15) is 0 Å². The van der Waals surface area contributed by atoms with Crippen LogP contribution in [0.5, 0.6) is 0 Å². The van der Waals surface area contributed by atoms with Gasteiger partial charge in [0.2, 0.25) is 5.95 Å². The number of nitrogens with one attached hydrogen (secondary N) is 1. The molecule has 2 aromatic rings. The number of imidazole rings is 1. The molecule has 4 fully saturated rings. The van der Waals surface area contributed by atoms with Gasteiger partial charge in [-0.05, 0) is 57.6 Å². The normalized spacial score (nSPS) is 26.6. The highest BCUT2D eigenvalue weighted by Crippen LogP contribution is 2.42. The zero-order valence-corrected chi connectivity index (χ0v) is 22.1. The second-order valence-electron chi connectivity index (χ2n) is 12.4. The Hall–Kier alpha value is -1.59. The van der Waals surface area contributed by atoms with Gasteiger partial charge in [-0.25, -0.2) is 4.98 Å². The van der Waals surface area contributed by atoms with E-state index in [9.17, 15) is 0 Å². The van der Waals surface area contributed by atoms with Crippen LogP contribution in [0.1, 0.15) is 103 Å². The summed E-state index contributed by atoms with van der Waals surface area (Å²) in [4.78, 5) is 11.0. The maximum atomic E-state index is 5.35. The van der Waals surface area contributed by atoms with E-state index in [1.165, 1.54) is 120 Å². The van der Waals surface area contributed by atoms with Crippen LogP contribution in [0.3, 0.4) is 0 Å². The molecule has 0 bridgehead atoms. The third-order valence-corrected chi connectivity index (χ3v) is 10.2. The number of anilines is 1. The molecule has 5 heteroatoms. The first-order valence-electron chi connectivity index (χ1n) is 14.9. The maximum Gasteiger partial charge on any atom is 0.207 e. The Balaban J connectivity index is 1.29. The van der Waals surface area contributed by atoms with Gasteiger partial charge in [0.15, 0.2) is 0 Å². The quantitative estimate of drug-likeness (QED) is 0.564. The summed E-state index contributed by atoms with van der Waals surface area (Å²) < 4.78 is 2.69. The van der Waals surface area contributed by atoms with E-state index >= 15 is 0 Å². The first-order chi connectivity index (χ1) is 17.2. The summed E-state index contributed by atoms with van der Waals surface area (Å²) >= 11 is 0. The van der Waals surface area contributed by atoms with Gasteiger partial charge < -0.3 is 14.8 Å². The van der Waals surface area contributed by atoms with Crippen molar-refractivity contribution in [1.82, 2.24) is 19.8 Å². The molecule has 2 saturated heterocycles. The highest BCUT2D eigenvalue weighted by molar-refractivity contribution is 5.79. The molecule has 0 amide bonds. The van der Waals surface area contributed by atoms with Crippen molar-refractivity contribution in [1.29, 1.82) is 0 Å². The van der Waals surface area contributed by atoms with Crippen LogP contribution in [0.4, 0.5) is 5.95 Å². The van der Waals surface area contributed by atoms with E-state index in [2.05, 4.69) is 50.9 Å². The molecule has 6 rings (SSSR count). The Morgan fingerprint density at radius 3 is 2.26 bits per heavy atom. The smallest absolute Gasteiger partial charge is 0.207 e. The monoisotopic (exact) mass is 477 g/mol. The minimum atomic E-state index is 0.253. The molecule has 1 aromatic heterocycles. The number of piperidine rings is 1. The molecule has 35 heavy (non-hydrogen) atoms. The van der Waals surface area contributed by atoms with Gasteiger partial charge in [-0.1, -0.05) is 63.5 Å². The fraction of sp³-hybridized carbons (Fsp3) is 0.767. The van der Waals surface area contributed by atoms with Crippen LogP contribution in [0.15, 0.2) is 24.3 Å². The average Bonchev–Trinajstić information content (AvgIpc) is 3.26. The molecule has 1 N–H and O–H groups in total. The van der Waals surface area contributed by atoms with Crippen molar-refractivity contribution in [2.75, 3.05) is 37.6 Å². The second-order valence-corrected chi connectivity index (χ2v) is 12.4. The number of piperazine rings is 1. The molecular formula is C30H47N5. The number of benzene rings is 1. The number of hydrogen-bond donors (Lipinski definition) is 1. The first kappa shape index (κ1) is 23.8. The molecule has 1 spiro atoms. The lowest BCUT2D eigenvalue weighted by molar-refractivity contribution is 0.0441. The van der Waals surface area contributed by atoms with Gasteiger partial charge in [0.05, 0.1) is 16.6 Å². The zero-order valence-electron chi connectivity index (χ0n) is 22.1. The van der Waals surface area contributed by atoms with E-state index in [1.54, 1.807) is 0 Å². The minimum Gasteiger partial charge on any atom is -0.334 e. The van der Waals surface area contributed by atoms with Gasteiger partial charge in [0.25, 0.3) is 0 Å². The highest BCUT2D eigenvalue weighted by atomic mass is 15.4. The number of fused-ring (bicyclic) bond motifs is 1. The molecular weight excluding hydrogens is 430 g/mol. The van der Waals surface area contributed by atoms with E-state index in [-0.39, 0.29) is 5.54 Å². The topological polar surface area (TPSA) is 36.3 Å². The fourth-order valence-corrected chi connectivity index (χ4v) is 8.04. The van der Waals surface area contributed by atoms with E-state index < -0.39 is 0 Å². The molecule has 4 aliphatic rings. The van der Waals surface area contributed by atoms with Crippen LogP contribution >= 0.6 is 0 Å². The summed E-state index contributed by atoms with van der Waals surface area (Å²) in [7, 11) is 0. The number of likely N-dealkylation sites (tertiary alicyclic amines) is 1. The average molecular weight is 478 g/mol. The molecule has 1 aromatic carbocycles. The lowest BCUT2D eigenvalue weighted by Gasteiger charge is -2.51. The summed E-state index contributed by atoms with van der Waals surface area (Å²) in [5.74, 6) is 1.27. The Morgan fingerprint density at radius 1 is 0.829 bits per heavy atom. The Kier molecular flexibility index (Phi) is 6.83. The van der Waals surface area contributed by atoms with Gasteiger partial charge in [0, 0.05) is 44.3 Å². The largest absolute Gasteiger partial charge is 0.334 e. The van der Waals surface area contributed by atoms with Crippen LogP contribution in [0.2, 0.25) is 0 Å². The van der Waals surface area contributed by atoms with Crippen molar-refractivity contribution in [3.8, 4) is 0 Å². The number of para-hydroxylation sites is 2. The van der Waals surface area contributed by atoms with E-state index in [0.717, 1.165) is 19.6 Å². The number of aromatic nitrogens is 2. The summed E-state index contributed by atoms with van der Waals surface area (Å²) in [6, 6.07) is 9.49. The molecule has 0 unspecified atom stereocenters. The number of hydrogen-bond acceptors (Lipinski definition) is 4. The van der Waals surface area contributed by atoms with Crippen LogP contribution in [-0.4, -0.2) is 58.3 Å². The Labute approximate surface area is 212 Å². The van der Waals surface area contributed by atoms with Crippen LogP contribution in [0, 0.1) is 0 Å². The molecule has 2 saturated carbocycles. The van der Waals surface area contributed by atoms with Gasteiger partial charge >= 0.3 is 0 Å². The molecule has 0 radical (unpaired) electrons. The second kappa shape index (κ2) is 10.0. The Bertz CT molecular complexity index is 966. The van der Waals surface area contributed by atoms with Crippen LogP contribution in [-0.2, 0) is 0 Å². The first-order valence-corrected chi connectivity index (χ1v) is 14.9. The number of rotatable bonds is 3. The van der Waals surface area contributed by atoms with Crippen molar-refractivity contribution in [3.05, 3.63) is 24.3 Å². The molecule has 5 nitrogen and oxygen atoms in total. The van der Waals surface area contributed by atoms with E-state index in [0.29, 0.717) is 11.6 Å².